The molecule has 210 valence electrons. The maximum atomic E-state index is 4.58. The van der Waals surface area contributed by atoms with Gasteiger partial charge in [-0.3, -0.25) is 4.99 Å². The molecule has 0 radical (unpaired) electrons. The average Bonchev–Trinajstić information content (AvgIpc) is 3.21. The third kappa shape index (κ3) is 4.24. The summed E-state index contributed by atoms with van der Waals surface area (Å²) in [7, 11) is 4.36. The van der Waals surface area contributed by atoms with Crippen molar-refractivity contribution < 1.29 is 0 Å². The molecule has 6 rings (SSSR count). The molecule has 3 heteroatoms. The first-order valence-corrected chi connectivity index (χ1v) is 14.9. The molecule has 0 spiro atoms. The molecule has 41 heavy (non-hydrogen) atoms. The van der Waals surface area contributed by atoms with E-state index in [0.717, 1.165) is 18.5 Å². The van der Waals surface area contributed by atoms with Crippen LogP contribution >= 0.6 is 0 Å². The molecule has 0 bridgehead atoms. The SMILES string of the molecule is C=Nc1ccc2c3c(C)cccc3n3c4c(CC(C)(C)C)c5ccc(CC(C)(C)C)cc5c(C)c4c(=[N+](C)C)c1c23. The van der Waals surface area contributed by atoms with E-state index >= 15 is 0 Å². The number of rotatable bonds is 3. The Morgan fingerprint density at radius 3 is 2.07 bits per heavy atom. The van der Waals surface area contributed by atoms with E-state index in [1.165, 1.54) is 76.5 Å². The van der Waals surface area contributed by atoms with Crippen LogP contribution in [0, 0.1) is 24.7 Å². The van der Waals surface area contributed by atoms with E-state index in [1.807, 2.05) is 0 Å². The Labute approximate surface area is 244 Å². The Morgan fingerprint density at radius 1 is 0.756 bits per heavy atom. The number of hydrogen-bond acceptors (Lipinski definition) is 1. The van der Waals surface area contributed by atoms with Gasteiger partial charge in [-0.05, 0) is 95.5 Å². The fourth-order valence-corrected chi connectivity index (χ4v) is 7.22. The van der Waals surface area contributed by atoms with Crippen LogP contribution < -0.4 is 9.93 Å². The highest BCUT2D eigenvalue weighted by molar-refractivity contribution is 6.22. The summed E-state index contributed by atoms with van der Waals surface area (Å²) in [5.41, 5.74) is 10.6. The maximum Gasteiger partial charge on any atom is 0.220 e. The molecule has 0 saturated heterocycles. The van der Waals surface area contributed by atoms with Crippen molar-refractivity contribution >= 4 is 61.3 Å². The Kier molecular flexibility index (Phi) is 6.12. The summed E-state index contributed by atoms with van der Waals surface area (Å²) in [5.74, 6) is 0. The van der Waals surface area contributed by atoms with Gasteiger partial charge in [0.2, 0.25) is 5.36 Å². The van der Waals surface area contributed by atoms with Gasteiger partial charge in [-0.2, -0.15) is 0 Å². The molecule has 3 nitrogen and oxygen atoms in total. The van der Waals surface area contributed by atoms with E-state index < -0.39 is 0 Å². The van der Waals surface area contributed by atoms with Gasteiger partial charge in [0, 0.05) is 10.8 Å². The monoisotopic (exact) mass is 542 g/mol. The van der Waals surface area contributed by atoms with Crippen molar-refractivity contribution in [2.45, 2.75) is 68.2 Å². The lowest BCUT2D eigenvalue weighted by molar-refractivity contribution is 0.411. The molecule has 4 aromatic carbocycles. The van der Waals surface area contributed by atoms with Crippen LogP contribution in [0.1, 0.15) is 63.8 Å². The highest BCUT2D eigenvalue weighted by Crippen LogP contribution is 2.43. The van der Waals surface area contributed by atoms with Crippen molar-refractivity contribution in [2.75, 3.05) is 14.1 Å². The van der Waals surface area contributed by atoms with Crippen LogP contribution in [0.3, 0.4) is 0 Å². The fourth-order valence-electron chi connectivity index (χ4n) is 7.22. The van der Waals surface area contributed by atoms with Crippen molar-refractivity contribution in [2.24, 2.45) is 15.8 Å². The molecule has 0 aliphatic carbocycles. The van der Waals surface area contributed by atoms with Crippen LogP contribution in [0.25, 0.3) is 48.9 Å². The number of hydrogen-bond donors (Lipinski definition) is 0. The molecule has 0 aliphatic heterocycles. The lowest BCUT2D eigenvalue weighted by atomic mass is 9.82. The molecule has 6 aromatic rings. The molecular weight excluding hydrogens is 498 g/mol. The summed E-state index contributed by atoms with van der Waals surface area (Å²) in [6, 6.07) is 18.4. The molecule has 0 amide bonds. The highest BCUT2D eigenvalue weighted by atomic mass is 15.0. The first kappa shape index (κ1) is 27.4. The third-order valence-electron chi connectivity index (χ3n) is 8.61. The number of pyridine rings is 1. The third-order valence-corrected chi connectivity index (χ3v) is 8.61. The van der Waals surface area contributed by atoms with Gasteiger partial charge in [0.25, 0.3) is 0 Å². The molecule has 0 aliphatic rings. The average molecular weight is 543 g/mol. The standard InChI is InChI=1S/C38H44N3/c1-22-13-12-14-30-31(22)26-17-18-29(39-9)33-34(26)41(30)35-28(21-38(6,7)8)25-16-15-24(20-37(3,4)5)19-27(25)23(2)32(35)36(33)40(10)11/h12-19H,9,20-21H2,1-8,10-11H3/q+1. The topological polar surface area (TPSA) is 19.8 Å². The number of aromatic nitrogens is 1. The summed E-state index contributed by atoms with van der Waals surface area (Å²) >= 11 is 0. The second-order valence-corrected chi connectivity index (χ2v) is 14.7. The molecule has 0 unspecified atom stereocenters. The van der Waals surface area contributed by atoms with E-state index in [-0.39, 0.29) is 10.8 Å². The lowest BCUT2D eigenvalue weighted by Gasteiger charge is -2.24. The van der Waals surface area contributed by atoms with Crippen LogP contribution in [0.5, 0.6) is 0 Å². The smallest absolute Gasteiger partial charge is 0.220 e. The lowest BCUT2D eigenvalue weighted by Crippen LogP contribution is -2.26. The minimum absolute atomic E-state index is 0.112. The van der Waals surface area contributed by atoms with Gasteiger partial charge in [0.15, 0.2) is 0 Å². The number of fused-ring (bicyclic) bond motifs is 6. The van der Waals surface area contributed by atoms with Crippen LogP contribution in [0.4, 0.5) is 5.69 Å². The van der Waals surface area contributed by atoms with E-state index in [9.17, 15) is 0 Å². The molecule has 2 heterocycles. The number of benzene rings is 4. The van der Waals surface area contributed by atoms with Crippen molar-refractivity contribution in [1.29, 1.82) is 0 Å². The molecule has 0 fully saturated rings. The van der Waals surface area contributed by atoms with Crippen LogP contribution in [-0.4, -0.2) is 25.2 Å². The molecular formula is C38H44N3+. The van der Waals surface area contributed by atoms with Gasteiger partial charge in [-0.25, -0.2) is 4.58 Å². The van der Waals surface area contributed by atoms with E-state index in [2.05, 4.69) is 139 Å². The number of nitrogens with zero attached hydrogens (tertiary/aromatic N) is 3. The normalized spacial score (nSPS) is 12.9. The Hall–Kier alpha value is -3.72. The van der Waals surface area contributed by atoms with Gasteiger partial charge in [-0.15, -0.1) is 0 Å². The van der Waals surface area contributed by atoms with E-state index in [4.69, 9.17) is 0 Å². The van der Waals surface area contributed by atoms with Crippen molar-refractivity contribution in [3.8, 4) is 0 Å². The Balaban J connectivity index is 2.02. The molecule has 2 aromatic heterocycles. The summed E-state index contributed by atoms with van der Waals surface area (Å²) in [6.07, 6.45) is 2.03. The van der Waals surface area contributed by atoms with Gasteiger partial charge >= 0.3 is 0 Å². The van der Waals surface area contributed by atoms with Crippen molar-refractivity contribution in [3.05, 3.63) is 76.1 Å². The largest absolute Gasteiger partial charge is 0.307 e. The molecule has 0 saturated carbocycles. The van der Waals surface area contributed by atoms with E-state index in [0.29, 0.717) is 0 Å². The van der Waals surface area contributed by atoms with Crippen molar-refractivity contribution in [1.82, 2.24) is 8.98 Å². The zero-order chi connectivity index (χ0) is 29.6. The summed E-state index contributed by atoms with van der Waals surface area (Å²) in [4.78, 5) is 4.58. The second kappa shape index (κ2) is 9.14. The highest BCUT2D eigenvalue weighted by Gasteiger charge is 2.28. The zero-order valence-electron chi connectivity index (χ0n) is 26.6. The Morgan fingerprint density at radius 2 is 1.44 bits per heavy atom. The van der Waals surface area contributed by atoms with Gasteiger partial charge < -0.3 is 4.40 Å². The van der Waals surface area contributed by atoms with E-state index in [1.54, 1.807) is 0 Å². The maximum absolute atomic E-state index is 4.58. The quantitative estimate of drug-likeness (QED) is 0.121. The minimum atomic E-state index is 0.112. The minimum Gasteiger partial charge on any atom is -0.307 e. The van der Waals surface area contributed by atoms with Gasteiger partial charge in [0.1, 0.15) is 14.1 Å². The first-order valence-electron chi connectivity index (χ1n) is 14.9. The Bertz CT molecular complexity index is 2100. The second-order valence-electron chi connectivity index (χ2n) is 14.7. The fraction of sp³-hybridized carbons (Fsp3) is 0.368. The van der Waals surface area contributed by atoms with Gasteiger partial charge in [-0.1, -0.05) is 71.9 Å². The molecule has 0 atom stereocenters. The van der Waals surface area contributed by atoms with Crippen molar-refractivity contribution in [3.63, 3.8) is 0 Å². The number of aliphatic imine (C=N–C) groups is 1. The van der Waals surface area contributed by atoms with Crippen LogP contribution in [0.2, 0.25) is 0 Å². The first-order chi connectivity index (χ1) is 19.2. The predicted molar refractivity (Wildman–Crippen MR) is 181 cm³/mol. The number of aryl methyl sites for hydroxylation is 2. The van der Waals surface area contributed by atoms with Crippen LogP contribution in [-0.2, 0) is 12.8 Å². The van der Waals surface area contributed by atoms with Gasteiger partial charge in [0.05, 0.1) is 33.0 Å². The zero-order valence-corrected chi connectivity index (χ0v) is 26.6. The molecule has 0 N–H and O–H groups in total. The summed E-state index contributed by atoms with van der Waals surface area (Å²) in [5, 5.41) is 9.07. The van der Waals surface area contributed by atoms with Crippen LogP contribution in [0.15, 0.2) is 53.5 Å². The predicted octanol–water partition coefficient (Wildman–Crippen LogP) is 9.15. The summed E-state index contributed by atoms with van der Waals surface area (Å²) < 4.78 is 4.87. The summed E-state index contributed by atoms with van der Waals surface area (Å²) in [6.45, 7) is 22.6.